The van der Waals surface area contributed by atoms with Crippen LogP contribution < -0.4 is 9.64 Å². The fourth-order valence-electron chi connectivity index (χ4n) is 3.07. The molecular weight excluding hydrogens is 322 g/mol. The molecule has 2 aromatic rings. The second kappa shape index (κ2) is 6.84. The first-order valence-corrected chi connectivity index (χ1v) is 7.96. The number of amides is 1. The fourth-order valence-corrected chi connectivity index (χ4v) is 3.07. The van der Waals surface area contributed by atoms with Gasteiger partial charge in [0.2, 0.25) is 0 Å². The zero-order valence-electron chi connectivity index (χ0n) is 14.1. The second-order valence-corrected chi connectivity index (χ2v) is 5.88. The molecule has 0 saturated heterocycles. The number of para-hydroxylation sites is 2. The largest absolute Gasteiger partial charge is 0.504 e. The van der Waals surface area contributed by atoms with Crippen LogP contribution in [0.25, 0.3) is 0 Å². The number of carbonyl (C=O) groups is 2. The molecule has 130 valence electrons. The highest BCUT2D eigenvalue weighted by atomic mass is 16.5. The molecule has 1 aliphatic rings. The summed E-state index contributed by atoms with van der Waals surface area (Å²) in [6.07, 6.45) is 0.770. The van der Waals surface area contributed by atoms with E-state index in [9.17, 15) is 14.7 Å². The minimum atomic E-state index is -0.773. The van der Waals surface area contributed by atoms with Gasteiger partial charge in [0, 0.05) is 11.7 Å². The van der Waals surface area contributed by atoms with E-state index < -0.39 is 12.6 Å². The van der Waals surface area contributed by atoms with Crippen molar-refractivity contribution in [3.8, 4) is 11.5 Å². The molecule has 1 atom stereocenters. The summed E-state index contributed by atoms with van der Waals surface area (Å²) >= 11 is 0. The predicted molar refractivity (Wildman–Crippen MR) is 92.0 cm³/mol. The van der Waals surface area contributed by atoms with Crippen LogP contribution in [0.5, 0.6) is 11.5 Å². The van der Waals surface area contributed by atoms with Crippen molar-refractivity contribution in [1.29, 1.82) is 0 Å². The minimum absolute atomic E-state index is 0.00817. The number of hydrogen-bond acceptors (Lipinski definition) is 5. The van der Waals surface area contributed by atoms with Crippen LogP contribution >= 0.6 is 0 Å². The number of benzene rings is 2. The summed E-state index contributed by atoms with van der Waals surface area (Å²) < 4.78 is 10.1. The average molecular weight is 341 g/mol. The lowest BCUT2D eigenvalue weighted by Crippen LogP contribution is -2.38. The molecule has 1 heterocycles. The highest BCUT2D eigenvalue weighted by Crippen LogP contribution is 2.32. The van der Waals surface area contributed by atoms with Gasteiger partial charge < -0.3 is 19.5 Å². The van der Waals surface area contributed by atoms with Gasteiger partial charge in [-0.3, -0.25) is 4.79 Å². The van der Waals surface area contributed by atoms with Gasteiger partial charge in [-0.15, -0.1) is 0 Å². The molecule has 2 aromatic carbocycles. The molecule has 1 amide bonds. The minimum Gasteiger partial charge on any atom is -0.504 e. The van der Waals surface area contributed by atoms with Gasteiger partial charge in [0.15, 0.2) is 18.1 Å². The van der Waals surface area contributed by atoms with Crippen LogP contribution in [0, 0.1) is 0 Å². The summed E-state index contributed by atoms with van der Waals surface area (Å²) in [5.74, 6) is -1.21. The number of phenolic OH excluding ortho intramolecular Hbond substituents is 1. The fraction of sp³-hybridized carbons (Fsp3) is 0.263. The number of carbonyl (C=O) groups excluding carboxylic acids is 2. The van der Waals surface area contributed by atoms with Crippen molar-refractivity contribution >= 4 is 17.6 Å². The van der Waals surface area contributed by atoms with Crippen LogP contribution in [0.15, 0.2) is 42.5 Å². The zero-order chi connectivity index (χ0) is 18.0. The quantitative estimate of drug-likeness (QED) is 0.865. The van der Waals surface area contributed by atoms with E-state index in [1.54, 1.807) is 11.0 Å². The van der Waals surface area contributed by atoms with E-state index >= 15 is 0 Å². The van der Waals surface area contributed by atoms with Crippen molar-refractivity contribution in [3.05, 3.63) is 53.6 Å². The first kappa shape index (κ1) is 16.8. The number of ether oxygens (including phenoxy) is 2. The van der Waals surface area contributed by atoms with Gasteiger partial charge in [-0.1, -0.05) is 24.3 Å². The molecule has 1 N–H and O–H groups in total. The van der Waals surface area contributed by atoms with Gasteiger partial charge in [0.1, 0.15) is 5.56 Å². The molecular formula is C19H19NO5. The van der Waals surface area contributed by atoms with Crippen LogP contribution in [0.2, 0.25) is 0 Å². The van der Waals surface area contributed by atoms with Crippen LogP contribution in [-0.2, 0) is 16.0 Å². The van der Waals surface area contributed by atoms with E-state index in [2.05, 4.69) is 0 Å². The van der Waals surface area contributed by atoms with Gasteiger partial charge in [0.05, 0.1) is 7.11 Å². The van der Waals surface area contributed by atoms with Gasteiger partial charge >= 0.3 is 5.97 Å². The average Bonchev–Trinajstić information content (AvgIpc) is 2.95. The molecule has 1 unspecified atom stereocenters. The van der Waals surface area contributed by atoms with Crippen LogP contribution in [0.3, 0.4) is 0 Å². The Morgan fingerprint density at radius 2 is 1.96 bits per heavy atom. The maximum absolute atomic E-state index is 12.5. The molecule has 0 bridgehead atoms. The summed E-state index contributed by atoms with van der Waals surface area (Å²) in [7, 11) is 1.39. The van der Waals surface area contributed by atoms with Crippen molar-refractivity contribution in [2.75, 3.05) is 18.6 Å². The number of anilines is 1. The summed E-state index contributed by atoms with van der Waals surface area (Å²) in [4.78, 5) is 26.3. The molecule has 3 rings (SSSR count). The third-order valence-corrected chi connectivity index (χ3v) is 4.24. The highest BCUT2D eigenvalue weighted by Gasteiger charge is 2.31. The number of methoxy groups -OCH3 is 1. The van der Waals surface area contributed by atoms with Crippen molar-refractivity contribution in [2.45, 2.75) is 19.4 Å². The third kappa shape index (κ3) is 3.15. The Morgan fingerprint density at radius 3 is 2.72 bits per heavy atom. The van der Waals surface area contributed by atoms with Crippen molar-refractivity contribution in [1.82, 2.24) is 0 Å². The number of hydrogen-bond donors (Lipinski definition) is 1. The van der Waals surface area contributed by atoms with Crippen molar-refractivity contribution in [3.63, 3.8) is 0 Å². The number of esters is 1. The Kier molecular flexibility index (Phi) is 4.61. The SMILES string of the molecule is COc1cccc(C(=O)OCC(=O)N2c3ccccc3CC2C)c1O. The Morgan fingerprint density at radius 1 is 1.20 bits per heavy atom. The van der Waals surface area contributed by atoms with Crippen molar-refractivity contribution < 1.29 is 24.2 Å². The summed E-state index contributed by atoms with van der Waals surface area (Å²) in [5, 5.41) is 9.99. The number of fused-ring (bicyclic) bond motifs is 1. The summed E-state index contributed by atoms with van der Waals surface area (Å²) in [5.41, 5.74) is 1.91. The topological polar surface area (TPSA) is 76.1 Å². The van der Waals surface area contributed by atoms with Crippen LogP contribution in [0.1, 0.15) is 22.8 Å². The van der Waals surface area contributed by atoms with Crippen molar-refractivity contribution in [2.24, 2.45) is 0 Å². The van der Waals surface area contributed by atoms with E-state index in [-0.39, 0.29) is 29.0 Å². The van der Waals surface area contributed by atoms with E-state index in [0.29, 0.717) is 0 Å². The number of phenols is 1. The lowest BCUT2D eigenvalue weighted by Gasteiger charge is -2.22. The normalized spacial score (nSPS) is 15.6. The highest BCUT2D eigenvalue weighted by molar-refractivity contribution is 5.99. The maximum Gasteiger partial charge on any atom is 0.342 e. The predicted octanol–water partition coefficient (Wildman–Crippen LogP) is 2.54. The standard InChI is InChI=1S/C19H19NO5/c1-12-10-13-6-3-4-8-15(13)20(12)17(21)11-25-19(23)14-7-5-9-16(24-2)18(14)22/h3-9,12,22H,10-11H2,1-2H3. The Hall–Kier alpha value is -3.02. The number of nitrogens with zero attached hydrogens (tertiary/aromatic N) is 1. The number of aromatic hydroxyl groups is 1. The molecule has 6 nitrogen and oxygen atoms in total. The van der Waals surface area contributed by atoms with E-state index in [1.165, 1.54) is 19.2 Å². The van der Waals surface area contributed by atoms with Gasteiger partial charge in [0.25, 0.3) is 5.91 Å². The Labute approximate surface area is 145 Å². The first-order valence-electron chi connectivity index (χ1n) is 7.96. The summed E-state index contributed by atoms with van der Waals surface area (Å²) in [6, 6.07) is 12.2. The van der Waals surface area contributed by atoms with Gasteiger partial charge in [-0.05, 0) is 37.1 Å². The first-order chi connectivity index (χ1) is 12.0. The molecule has 0 aromatic heterocycles. The summed E-state index contributed by atoms with van der Waals surface area (Å²) in [6.45, 7) is 1.56. The van der Waals surface area contributed by atoms with Crippen LogP contribution in [0.4, 0.5) is 5.69 Å². The maximum atomic E-state index is 12.5. The molecule has 0 saturated carbocycles. The zero-order valence-corrected chi connectivity index (χ0v) is 14.1. The monoisotopic (exact) mass is 341 g/mol. The van der Waals surface area contributed by atoms with E-state index in [4.69, 9.17) is 9.47 Å². The lowest BCUT2D eigenvalue weighted by molar-refractivity contribution is -0.122. The molecule has 0 radical (unpaired) electrons. The molecule has 0 spiro atoms. The van der Waals surface area contributed by atoms with Crippen LogP contribution in [-0.4, -0.2) is 36.7 Å². The Bertz CT molecular complexity index is 817. The molecule has 0 fully saturated rings. The molecule has 6 heteroatoms. The molecule has 1 aliphatic heterocycles. The second-order valence-electron chi connectivity index (χ2n) is 5.88. The Balaban J connectivity index is 1.70. The number of rotatable bonds is 4. The van der Waals surface area contributed by atoms with Gasteiger partial charge in [-0.2, -0.15) is 0 Å². The molecule has 0 aliphatic carbocycles. The van der Waals surface area contributed by atoms with Gasteiger partial charge in [-0.25, -0.2) is 4.79 Å². The third-order valence-electron chi connectivity index (χ3n) is 4.24. The van der Waals surface area contributed by atoms with E-state index in [0.717, 1.165) is 17.7 Å². The van der Waals surface area contributed by atoms with E-state index in [1.807, 2.05) is 31.2 Å². The molecule has 25 heavy (non-hydrogen) atoms. The lowest BCUT2D eigenvalue weighted by atomic mass is 10.1. The smallest absolute Gasteiger partial charge is 0.342 e.